The van der Waals surface area contributed by atoms with Crippen LogP contribution in [0.5, 0.6) is 0 Å². The third kappa shape index (κ3) is 6.63. The molecule has 0 aromatic carbocycles. The molecule has 0 radical (unpaired) electrons. The quantitative estimate of drug-likeness (QED) is 0.788. The highest BCUT2D eigenvalue weighted by Gasteiger charge is 2.26. The van der Waals surface area contributed by atoms with Gasteiger partial charge in [0.2, 0.25) is 0 Å². The maximum atomic E-state index is 11.7. The first-order valence-corrected chi connectivity index (χ1v) is 7.80. The molecule has 1 unspecified atom stereocenters. The van der Waals surface area contributed by atoms with Gasteiger partial charge in [0.25, 0.3) is 0 Å². The number of rotatable bonds is 5. The van der Waals surface area contributed by atoms with Gasteiger partial charge >= 0.3 is 6.09 Å². The Morgan fingerprint density at radius 2 is 1.95 bits per heavy atom. The predicted octanol–water partition coefficient (Wildman–Crippen LogP) is 0.864. The molecule has 1 atom stereocenters. The molecule has 1 amide bonds. The molecule has 1 aliphatic heterocycles. The zero-order valence-corrected chi connectivity index (χ0v) is 14.2. The number of ether oxygens (including phenoxy) is 1. The number of hydrogen-bond donors (Lipinski definition) is 2. The second kappa shape index (κ2) is 7.96. The Balaban J connectivity index is 2.37. The third-order valence-electron chi connectivity index (χ3n) is 3.90. The van der Waals surface area contributed by atoms with Crippen molar-refractivity contribution in [1.29, 1.82) is 0 Å². The number of amides is 1. The van der Waals surface area contributed by atoms with Crippen LogP contribution in [0.4, 0.5) is 4.79 Å². The third-order valence-corrected chi connectivity index (χ3v) is 3.90. The van der Waals surface area contributed by atoms with Crippen molar-refractivity contribution < 1.29 is 9.53 Å². The lowest BCUT2D eigenvalue weighted by Gasteiger charge is -2.39. The highest BCUT2D eigenvalue weighted by molar-refractivity contribution is 5.67. The molecule has 21 heavy (non-hydrogen) atoms. The van der Waals surface area contributed by atoms with Gasteiger partial charge in [0.15, 0.2) is 0 Å². The maximum absolute atomic E-state index is 11.7. The molecular weight excluding hydrogens is 268 g/mol. The van der Waals surface area contributed by atoms with Crippen molar-refractivity contribution in [2.45, 2.75) is 51.3 Å². The summed E-state index contributed by atoms with van der Waals surface area (Å²) >= 11 is 0. The van der Waals surface area contributed by atoms with E-state index in [1.807, 2.05) is 20.8 Å². The van der Waals surface area contributed by atoms with Crippen LogP contribution in [0.2, 0.25) is 0 Å². The van der Waals surface area contributed by atoms with Gasteiger partial charge in [-0.25, -0.2) is 4.79 Å². The van der Waals surface area contributed by atoms with E-state index in [0.717, 1.165) is 25.9 Å². The van der Waals surface area contributed by atoms with E-state index >= 15 is 0 Å². The Bertz CT molecular complexity index is 320. The number of alkyl carbamates (subject to hydrolysis) is 1. The van der Waals surface area contributed by atoms with Crippen LogP contribution in [0.1, 0.15) is 33.6 Å². The number of likely N-dealkylation sites (tertiary alicyclic amines) is 1. The van der Waals surface area contributed by atoms with Crippen LogP contribution in [0.25, 0.3) is 0 Å². The van der Waals surface area contributed by atoms with Gasteiger partial charge in [-0.05, 0) is 47.7 Å². The zero-order chi connectivity index (χ0) is 16.0. The van der Waals surface area contributed by atoms with Crippen molar-refractivity contribution in [2.24, 2.45) is 5.73 Å². The average Bonchev–Trinajstić information content (AvgIpc) is 2.38. The Morgan fingerprint density at radius 1 is 1.38 bits per heavy atom. The fraction of sp³-hybridized carbons (Fsp3) is 0.933. The van der Waals surface area contributed by atoms with E-state index in [2.05, 4.69) is 29.2 Å². The van der Waals surface area contributed by atoms with Crippen molar-refractivity contribution in [3.63, 3.8) is 0 Å². The van der Waals surface area contributed by atoms with Gasteiger partial charge in [-0.15, -0.1) is 0 Å². The highest BCUT2D eigenvalue weighted by atomic mass is 16.6. The molecule has 1 rings (SSSR count). The maximum Gasteiger partial charge on any atom is 0.407 e. The molecule has 6 nitrogen and oxygen atoms in total. The number of nitrogens with one attached hydrogen (secondary N) is 1. The molecule has 124 valence electrons. The molecule has 0 saturated carbocycles. The second-order valence-corrected chi connectivity index (χ2v) is 7.00. The first-order valence-electron chi connectivity index (χ1n) is 7.80. The lowest BCUT2D eigenvalue weighted by atomic mass is 10.0. The van der Waals surface area contributed by atoms with Gasteiger partial charge in [-0.3, -0.25) is 4.90 Å². The summed E-state index contributed by atoms with van der Waals surface area (Å²) in [6.45, 7) is 8.72. The molecule has 1 heterocycles. The van der Waals surface area contributed by atoms with Crippen molar-refractivity contribution >= 4 is 6.09 Å². The number of hydrogen-bond acceptors (Lipinski definition) is 5. The van der Waals surface area contributed by atoms with E-state index in [4.69, 9.17) is 10.5 Å². The summed E-state index contributed by atoms with van der Waals surface area (Å²) in [5.41, 5.74) is 5.40. The SMILES string of the molecule is CN(C)C1CCN(C(CN)CNC(=O)OC(C)(C)C)CC1. The molecule has 0 aliphatic carbocycles. The van der Waals surface area contributed by atoms with Crippen LogP contribution in [0.15, 0.2) is 0 Å². The minimum Gasteiger partial charge on any atom is -0.444 e. The van der Waals surface area contributed by atoms with Gasteiger partial charge in [0.1, 0.15) is 5.60 Å². The Morgan fingerprint density at radius 3 is 2.38 bits per heavy atom. The Labute approximate surface area is 129 Å². The van der Waals surface area contributed by atoms with Crippen molar-refractivity contribution in [3.05, 3.63) is 0 Å². The fourth-order valence-corrected chi connectivity index (χ4v) is 2.64. The van der Waals surface area contributed by atoms with E-state index in [1.165, 1.54) is 0 Å². The van der Waals surface area contributed by atoms with Gasteiger partial charge in [-0.1, -0.05) is 0 Å². The monoisotopic (exact) mass is 300 g/mol. The summed E-state index contributed by atoms with van der Waals surface area (Å²) in [5.74, 6) is 0. The first kappa shape index (κ1) is 18.2. The molecule has 3 N–H and O–H groups in total. The minimum atomic E-state index is -0.466. The van der Waals surface area contributed by atoms with Gasteiger partial charge in [0.05, 0.1) is 0 Å². The molecule has 0 bridgehead atoms. The Hall–Kier alpha value is -0.850. The molecule has 1 fully saturated rings. The second-order valence-electron chi connectivity index (χ2n) is 7.00. The van der Waals surface area contributed by atoms with Gasteiger partial charge in [-0.2, -0.15) is 0 Å². The molecule has 0 aromatic rings. The fourth-order valence-electron chi connectivity index (χ4n) is 2.64. The van der Waals surface area contributed by atoms with Crippen molar-refractivity contribution in [2.75, 3.05) is 40.3 Å². The average molecular weight is 300 g/mol. The summed E-state index contributed by atoms with van der Waals surface area (Å²) in [7, 11) is 4.26. The number of carbonyl (C=O) groups excluding carboxylic acids is 1. The minimum absolute atomic E-state index is 0.181. The van der Waals surface area contributed by atoms with Crippen LogP contribution >= 0.6 is 0 Å². The number of carbonyl (C=O) groups is 1. The summed E-state index contributed by atoms with van der Waals surface area (Å²) in [4.78, 5) is 16.4. The van der Waals surface area contributed by atoms with Gasteiger partial charge < -0.3 is 20.7 Å². The molecular formula is C15H32N4O2. The number of piperidine rings is 1. The van der Waals surface area contributed by atoms with Crippen LogP contribution in [-0.2, 0) is 4.74 Å². The van der Waals surface area contributed by atoms with E-state index in [1.54, 1.807) is 0 Å². The lowest BCUT2D eigenvalue weighted by Crippen LogP contribution is -2.53. The normalized spacial score (nSPS) is 19.6. The lowest BCUT2D eigenvalue weighted by molar-refractivity contribution is 0.0494. The van der Waals surface area contributed by atoms with Crippen molar-refractivity contribution in [3.8, 4) is 0 Å². The molecule has 0 spiro atoms. The van der Waals surface area contributed by atoms with E-state index in [9.17, 15) is 4.79 Å². The van der Waals surface area contributed by atoms with Crippen molar-refractivity contribution in [1.82, 2.24) is 15.1 Å². The van der Waals surface area contributed by atoms with E-state index in [-0.39, 0.29) is 12.1 Å². The van der Waals surface area contributed by atoms with Gasteiger partial charge in [0, 0.05) is 38.3 Å². The predicted molar refractivity (Wildman–Crippen MR) is 85.4 cm³/mol. The number of nitrogens with zero attached hydrogens (tertiary/aromatic N) is 2. The molecule has 1 saturated heterocycles. The van der Waals surface area contributed by atoms with Crippen LogP contribution in [0, 0.1) is 0 Å². The molecule has 1 aliphatic rings. The summed E-state index contributed by atoms with van der Waals surface area (Å²) in [6.07, 6.45) is 1.93. The van der Waals surface area contributed by atoms with Crippen LogP contribution in [0.3, 0.4) is 0 Å². The number of nitrogens with two attached hydrogens (primary N) is 1. The zero-order valence-electron chi connectivity index (χ0n) is 14.2. The van der Waals surface area contributed by atoms with E-state index < -0.39 is 5.60 Å². The first-order chi connectivity index (χ1) is 9.73. The summed E-state index contributed by atoms with van der Waals surface area (Å²) < 4.78 is 5.25. The largest absolute Gasteiger partial charge is 0.444 e. The topological polar surface area (TPSA) is 70.8 Å². The molecule has 0 aromatic heterocycles. The smallest absolute Gasteiger partial charge is 0.407 e. The Kier molecular flexibility index (Phi) is 6.90. The highest BCUT2D eigenvalue weighted by Crippen LogP contribution is 2.16. The van der Waals surface area contributed by atoms with E-state index in [0.29, 0.717) is 19.1 Å². The van der Waals surface area contributed by atoms with Crippen LogP contribution < -0.4 is 11.1 Å². The van der Waals surface area contributed by atoms with Crippen LogP contribution in [-0.4, -0.2) is 73.9 Å². The summed E-state index contributed by atoms with van der Waals surface area (Å²) in [6, 6.07) is 0.833. The summed E-state index contributed by atoms with van der Waals surface area (Å²) in [5, 5.41) is 2.83. The standard InChI is InChI=1S/C15H32N4O2/c1-15(2,3)21-14(20)17-11-13(10-16)19-8-6-12(7-9-19)18(4)5/h12-13H,6-11,16H2,1-5H3,(H,17,20). The molecule has 6 heteroatoms.